The van der Waals surface area contributed by atoms with Crippen LogP contribution in [0.1, 0.15) is 23.4 Å². The largest absolute Gasteiger partial charge is 0.370 e. The van der Waals surface area contributed by atoms with Crippen LogP contribution in [0.25, 0.3) is 16.8 Å². The van der Waals surface area contributed by atoms with E-state index in [-0.39, 0.29) is 5.82 Å². The third-order valence-electron chi connectivity index (χ3n) is 5.75. The standard InChI is InChI=1S/C22H28FN5O/c1-15-16(2)25-22-20(18-5-7-19(23)8-6-18)17(3)26-28(22)21(15)24-9-4-10-27-11-13-29-14-12-27/h5-8,24H,4,9-14H2,1-3H3/p+1. The van der Waals surface area contributed by atoms with E-state index >= 15 is 0 Å². The van der Waals surface area contributed by atoms with E-state index in [1.807, 2.05) is 18.4 Å². The SMILES string of the molecule is Cc1nc2c(-c3ccc(F)cc3)c(C)nn2c(NCCC[NH+]2CCOCC2)c1C. The fourth-order valence-electron chi connectivity index (χ4n) is 3.96. The third-order valence-corrected chi connectivity index (χ3v) is 5.75. The monoisotopic (exact) mass is 398 g/mol. The molecule has 0 radical (unpaired) electrons. The molecule has 4 rings (SSSR count). The topological polar surface area (TPSA) is 55.9 Å². The van der Waals surface area contributed by atoms with Gasteiger partial charge in [-0.15, -0.1) is 0 Å². The maximum absolute atomic E-state index is 13.4. The summed E-state index contributed by atoms with van der Waals surface area (Å²) >= 11 is 0. The lowest BCUT2D eigenvalue weighted by Crippen LogP contribution is -3.14. The van der Waals surface area contributed by atoms with Crippen LogP contribution >= 0.6 is 0 Å². The summed E-state index contributed by atoms with van der Waals surface area (Å²) in [6, 6.07) is 6.53. The van der Waals surface area contributed by atoms with Crippen LogP contribution in [0.15, 0.2) is 24.3 Å². The molecular weight excluding hydrogens is 369 g/mol. The average molecular weight is 399 g/mol. The van der Waals surface area contributed by atoms with E-state index < -0.39 is 0 Å². The summed E-state index contributed by atoms with van der Waals surface area (Å²) in [7, 11) is 0. The van der Waals surface area contributed by atoms with Crippen LogP contribution in [0.5, 0.6) is 0 Å². The molecule has 2 aromatic heterocycles. The molecule has 1 saturated heterocycles. The minimum Gasteiger partial charge on any atom is -0.370 e. The van der Waals surface area contributed by atoms with E-state index in [4.69, 9.17) is 14.8 Å². The van der Waals surface area contributed by atoms with Gasteiger partial charge in [0.05, 0.1) is 25.5 Å². The van der Waals surface area contributed by atoms with Crippen LogP contribution in [0, 0.1) is 26.6 Å². The second-order valence-electron chi connectivity index (χ2n) is 7.77. The summed E-state index contributed by atoms with van der Waals surface area (Å²) in [5, 5.41) is 8.35. The van der Waals surface area contributed by atoms with Crippen molar-refractivity contribution in [3.05, 3.63) is 47.0 Å². The fraction of sp³-hybridized carbons (Fsp3) is 0.455. The van der Waals surface area contributed by atoms with Gasteiger partial charge in [0.2, 0.25) is 0 Å². The van der Waals surface area contributed by atoms with Crippen molar-refractivity contribution >= 4 is 11.5 Å². The van der Waals surface area contributed by atoms with E-state index in [9.17, 15) is 4.39 Å². The molecule has 0 aliphatic carbocycles. The Morgan fingerprint density at radius 3 is 2.55 bits per heavy atom. The van der Waals surface area contributed by atoms with Crippen molar-refractivity contribution in [1.82, 2.24) is 14.6 Å². The number of morpholine rings is 1. The Bertz CT molecular complexity index is 993. The maximum atomic E-state index is 13.4. The van der Waals surface area contributed by atoms with Crippen LogP contribution in [-0.2, 0) is 4.74 Å². The number of ether oxygens (including phenoxy) is 1. The number of rotatable bonds is 6. The first-order valence-electron chi connectivity index (χ1n) is 10.3. The molecule has 1 aromatic carbocycles. The van der Waals surface area contributed by atoms with E-state index in [1.54, 1.807) is 17.0 Å². The molecule has 3 aromatic rings. The molecule has 0 amide bonds. The number of anilines is 1. The molecular formula is C22H29FN5O+. The van der Waals surface area contributed by atoms with Crippen molar-refractivity contribution in [2.24, 2.45) is 0 Å². The van der Waals surface area contributed by atoms with Crippen molar-refractivity contribution in [2.75, 3.05) is 44.7 Å². The third kappa shape index (κ3) is 4.11. The summed E-state index contributed by atoms with van der Waals surface area (Å²) in [4.78, 5) is 6.42. The van der Waals surface area contributed by atoms with Gasteiger partial charge in [-0.1, -0.05) is 12.1 Å². The predicted octanol–water partition coefficient (Wildman–Crippen LogP) is 2.18. The molecule has 0 saturated carbocycles. The van der Waals surface area contributed by atoms with Crippen molar-refractivity contribution in [3.63, 3.8) is 0 Å². The Balaban J connectivity index is 1.59. The molecule has 0 atom stereocenters. The lowest BCUT2D eigenvalue weighted by molar-refractivity contribution is -0.908. The molecule has 1 aliphatic heterocycles. The first-order valence-corrected chi connectivity index (χ1v) is 10.3. The first-order chi connectivity index (χ1) is 14.0. The smallest absolute Gasteiger partial charge is 0.165 e. The van der Waals surface area contributed by atoms with Crippen LogP contribution in [0.3, 0.4) is 0 Å². The highest BCUT2D eigenvalue weighted by atomic mass is 19.1. The minimum atomic E-state index is -0.243. The zero-order chi connectivity index (χ0) is 20.4. The summed E-state index contributed by atoms with van der Waals surface area (Å²) < 4.78 is 20.7. The van der Waals surface area contributed by atoms with Crippen molar-refractivity contribution in [1.29, 1.82) is 0 Å². The molecule has 1 fully saturated rings. The summed E-state index contributed by atoms with van der Waals surface area (Å²) in [6.45, 7) is 12.0. The van der Waals surface area contributed by atoms with Gasteiger partial charge in [-0.05, 0) is 38.5 Å². The lowest BCUT2D eigenvalue weighted by atomic mass is 10.1. The van der Waals surface area contributed by atoms with E-state index in [1.165, 1.54) is 12.1 Å². The van der Waals surface area contributed by atoms with E-state index in [2.05, 4.69) is 12.2 Å². The summed E-state index contributed by atoms with van der Waals surface area (Å²) in [6.07, 6.45) is 1.09. The molecule has 0 bridgehead atoms. The van der Waals surface area contributed by atoms with Gasteiger partial charge in [0.25, 0.3) is 0 Å². The molecule has 154 valence electrons. The number of benzene rings is 1. The normalized spacial score (nSPS) is 15.2. The van der Waals surface area contributed by atoms with Crippen molar-refractivity contribution in [2.45, 2.75) is 27.2 Å². The zero-order valence-corrected chi connectivity index (χ0v) is 17.4. The Kier molecular flexibility index (Phi) is 5.78. The molecule has 2 N–H and O–H groups in total. The molecule has 6 nitrogen and oxygen atoms in total. The quantitative estimate of drug-likeness (QED) is 0.625. The highest BCUT2D eigenvalue weighted by Gasteiger charge is 2.19. The van der Waals surface area contributed by atoms with Gasteiger partial charge in [-0.2, -0.15) is 9.61 Å². The Hall–Kier alpha value is -2.51. The summed E-state index contributed by atoms with van der Waals surface area (Å²) in [5.41, 5.74) is 5.64. The number of aryl methyl sites for hydroxylation is 2. The van der Waals surface area contributed by atoms with Gasteiger partial charge >= 0.3 is 0 Å². The van der Waals surface area contributed by atoms with Gasteiger partial charge in [0.1, 0.15) is 24.7 Å². The highest BCUT2D eigenvalue weighted by Crippen LogP contribution is 2.30. The number of aromatic nitrogens is 3. The summed E-state index contributed by atoms with van der Waals surface area (Å²) in [5.74, 6) is 0.744. The Morgan fingerprint density at radius 1 is 1.10 bits per heavy atom. The average Bonchev–Trinajstić information content (AvgIpc) is 3.04. The first kappa shape index (κ1) is 19.8. The maximum Gasteiger partial charge on any atom is 0.165 e. The van der Waals surface area contributed by atoms with Crippen LogP contribution in [-0.4, -0.2) is 54.0 Å². The number of quaternary nitrogens is 1. The zero-order valence-electron chi connectivity index (χ0n) is 17.4. The van der Waals surface area contributed by atoms with Crippen molar-refractivity contribution in [3.8, 4) is 11.1 Å². The Labute approximate surface area is 170 Å². The molecule has 7 heteroatoms. The van der Waals surface area contributed by atoms with Crippen LogP contribution < -0.4 is 10.2 Å². The minimum absolute atomic E-state index is 0.243. The lowest BCUT2D eigenvalue weighted by Gasteiger charge is -2.23. The second kappa shape index (κ2) is 8.47. The number of hydrogen-bond acceptors (Lipinski definition) is 4. The number of nitrogens with zero attached hydrogens (tertiary/aromatic N) is 3. The predicted molar refractivity (Wildman–Crippen MR) is 112 cm³/mol. The molecule has 0 spiro atoms. The molecule has 3 heterocycles. The molecule has 1 aliphatic rings. The number of nitrogens with one attached hydrogen (secondary N) is 2. The van der Waals surface area contributed by atoms with Gasteiger partial charge in [0, 0.05) is 29.8 Å². The van der Waals surface area contributed by atoms with E-state index in [0.29, 0.717) is 0 Å². The Morgan fingerprint density at radius 2 is 1.83 bits per heavy atom. The number of fused-ring (bicyclic) bond motifs is 1. The fourth-order valence-corrected chi connectivity index (χ4v) is 3.96. The van der Waals surface area contributed by atoms with Crippen LogP contribution in [0.2, 0.25) is 0 Å². The van der Waals surface area contributed by atoms with Gasteiger partial charge in [-0.25, -0.2) is 9.37 Å². The number of halogens is 1. The highest BCUT2D eigenvalue weighted by molar-refractivity contribution is 5.81. The molecule has 29 heavy (non-hydrogen) atoms. The van der Waals surface area contributed by atoms with Crippen molar-refractivity contribution < 1.29 is 14.0 Å². The van der Waals surface area contributed by atoms with E-state index in [0.717, 1.165) is 85.4 Å². The van der Waals surface area contributed by atoms with Crippen LogP contribution in [0.4, 0.5) is 10.2 Å². The second-order valence-corrected chi connectivity index (χ2v) is 7.77. The molecule has 0 unspecified atom stereocenters. The van der Waals surface area contributed by atoms with Gasteiger partial charge in [0.15, 0.2) is 5.65 Å². The van der Waals surface area contributed by atoms with Gasteiger partial charge in [-0.3, -0.25) is 0 Å². The van der Waals surface area contributed by atoms with Gasteiger partial charge < -0.3 is 15.0 Å². The number of hydrogen-bond donors (Lipinski definition) is 2.